The van der Waals surface area contributed by atoms with E-state index in [1.807, 2.05) is 31.2 Å². The summed E-state index contributed by atoms with van der Waals surface area (Å²) in [5.41, 5.74) is 0.978. The predicted octanol–water partition coefficient (Wildman–Crippen LogP) is 3.31. The molecule has 0 aromatic heterocycles. The third-order valence-electron chi connectivity index (χ3n) is 3.10. The van der Waals surface area contributed by atoms with Gasteiger partial charge in [0.25, 0.3) is 0 Å². The van der Waals surface area contributed by atoms with Crippen LogP contribution in [0.3, 0.4) is 0 Å². The number of aliphatic hydroxyl groups excluding tert-OH is 1. The van der Waals surface area contributed by atoms with Crippen molar-refractivity contribution in [1.82, 2.24) is 0 Å². The minimum atomic E-state index is -0.332. The summed E-state index contributed by atoms with van der Waals surface area (Å²) in [7, 11) is 0. The third-order valence-corrected chi connectivity index (χ3v) is 3.10. The van der Waals surface area contributed by atoms with Gasteiger partial charge in [-0.3, -0.25) is 0 Å². The fraction of sp³-hybridized carbons (Fsp3) is 0.571. The minimum Gasteiger partial charge on any atom is -0.494 e. The molecule has 0 radical (unpaired) electrons. The van der Waals surface area contributed by atoms with Crippen molar-refractivity contribution in [2.45, 2.75) is 38.7 Å². The summed E-state index contributed by atoms with van der Waals surface area (Å²) in [6, 6.07) is 7.79. The van der Waals surface area contributed by atoms with Crippen LogP contribution in [0.25, 0.3) is 0 Å². The molecular weight excluding hydrogens is 200 g/mol. The van der Waals surface area contributed by atoms with Gasteiger partial charge in [0.1, 0.15) is 5.75 Å². The Labute approximate surface area is 97.3 Å². The smallest absolute Gasteiger partial charge is 0.119 e. The summed E-state index contributed by atoms with van der Waals surface area (Å²) >= 11 is 0. The van der Waals surface area contributed by atoms with E-state index in [1.165, 1.54) is 12.8 Å². The Bertz CT molecular complexity index is 331. The van der Waals surface area contributed by atoms with E-state index in [2.05, 4.69) is 0 Å². The Balaban J connectivity index is 1.92. The summed E-state index contributed by atoms with van der Waals surface area (Å²) < 4.78 is 5.42. The molecule has 0 spiro atoms. The van der Waals surface area contributed by atoms with Gasteiger partial charge in [0.15, 0.2) is 0 Å². The fourth-order valence-electron chi connectivity index (χ4n) is 1.95. The van der Waals surface area contributed by atoms with Gasteiger partial charge in [-0.2, -0.15) is 0 Å². The Morgan fingerprint density at radius 3 is 2.94 bits per heavy atom. The molecule has 1 N–H and O–H groups in total. The average molecular weight is 220 g/mol. The number of ether oxygens (including phenoxy) is 1. The van der Waals surface area contributed by atoms with Gasteiger partial charge in [-0.05, 0) is 43.4 Å². The van der Waals surface area contributed by atoms with E-state index < -0.39 is 0 Å². The highest BCUT2D eigenvalue weighted by Gasteiger charge is 2.22. The maximum Gasteiger partial charge on any atom is 0.119 e. The molecule has 2 nitrogen and oxygen atoms in total. The number of hydrogen-bond donors (Lipinski definition) is 1. The zero-order valence-electron chi connectivity index (χ0n) is 9.86. The molecular formula is C14H20O2. The largest absolute Gasteiger partial charge is 0.494 e. The SMILES string of the molecule is CCOc1cccc(C(O)CCC2CC2)c1. The van der Waals surface area contributed by atoms with Gasteiger partial charge >= 0.3 is 0 Å². The average Bonchev–Trinajstić information content (AvgIpc) is 3.10. The van der Waals surface area contributed by atoms with E-state index in [1.54, 1.807) is 0 Å². The third kappa shape index (κ3) is 3.24. The normalized spacial score (nSPS) is 17.1. The van der Waals surface area contributed by atoms with Crippen LogP contribution in [0.1, 0.15) is 44.3 Å². The maximum atomic E-state index is 10.0. The van der Waals surface area contributed by atoms with E-state index >= 15 is 0 Å². The molecule has 1 saturated carbocycles. The number of aliphatic hydroxyl groups is 1. The molecule has 1 aliphatic rings. The van der Waals surface area contributed by atoms with Gasteiger partial charge in [-0.15, -0.1) is 0 Å². The monoisotopic (exact) mass is 220 g/mol. The molecule has 0 saturated heterocycles. The fourth-order valence-corrected chi connectivity index (χ4v) is 1.95. The zero-order chi connectivity index (χ0) is 11.4. The lowest BCUT2D eigenvalue weighted by Crippen LogP contribution is -1.99. The quantitative estimate of drug-likeness (QED) is 0.797. The summed E-state index contributed by atoms with van der Waals surface area (Å²) in [5.74, 6) is 1.73. The molecule has 1 aromatic rings. The van der Waals surface area contributed by atoms with Crippen molar-refractivity contribution in [3.63, 3.8) is 0 Å². The molecule has 2 heteroatoms. The lowest BCUT2D eigenvalue weighted by atomic mass is 10.0. The molecule has 1 unspecified atom stereocenters. The van der Waals surface area contributed by atoms with Gasteiger partial charge < -0.3 is 9.84 Å². The molecule has 0 heterocycles. The molecule has 1 atom stereocenters. The van der Waals surface area contributed by atoms with Crippen LogP contribution in [0.15, 0.2) is 24.3 Å². The molecule has 88 valence electrons. The summed E-state index contributed by atoms with van der Waals surface area (Å²) in [4.78, 5) is 0. The number of hydrogen-bond acceptors (Lipinski definition) is 2. The van der Waals surface area contributed by atoms with Crippen LogP contribution >= 0.6 is 0 Å². The molecule has 16 heavy (non-hydrogen) atoms. The lowest BCUT2D eigenvalue weighted by molar-refractivity contribution is 0.162. The number of rotatable bonds is 6. The Kier molecular flexibility index (Phi) is 3.83. The van der Waals surface area contributed by atoms with Crippen molar-refractivity contribution in [3.8, 4) is 5.75 Å². The Hall–Kier alpha value is -1.02. The van der Waals surface area contributed by atoms with E-state index in [0.29, 0.717) is 6.61 Å². The highest BCUT2D eigenvalue weighted by atomic mass is 16.5. The number of benzene rings is 1. The minimum absolute atomic E-state index is 0.332. The van der Waals surface area contributed by atoms with Gasteiger partial charge in [0.05, 0.1) is 12.7 Å². The van der Waals surface area contributed by atoms with Gasteiger partial charge in [-0.25, -0.2) is 0 Å². The Morgan fingerprint density at radius 2 is 2.25 bits per heavy atom. The first-order chi connectivity index (χ1) is 7.79. The molecule has 0 bridgehead atoms. The van der Waals surface area contributed by atoms with E-state index in [0.717, 1.165) is 30.1 Å². The summed E-state index contributed by atoms with van der Waals surface area (Å²) in [5, 5.41) is 10.0. The van der Waals surface area contributed by atoms with Crippen molar-refractivity contribution in [2.75, 3.05) is 6.61 Å². The first kappa shape index (κ1) is 11.5. The van der Waals surface area contributed by atoms with Crippen molar-refractivity contribution < 1.29 is 9.84 Å². The highest BCUT2D eigenvalue weighted by Crippen LogP contribution is 2.36. The first-order valence-corrected chi connectivity index (χ1v) is 6.20. The van der Waals surface area contributed by atoms with Crippen LogP contribution in [-0.2, 0) is 0 Å². The van der Waals surface area contributed by atoms with Crippen molar-refractivity contribution in [2.24, 2.45) is 5.92 Å². The molecule has 0 aliphatic heterocycles. The van der Waals surface area contributed by atoms with Gasteiger partial charge in [0.2, 0.25) is 0 Å². The summed E-state index contributed by atoms with van der Waals surface area (Å²) in [6.07, 6.45) is 4.40. The van der Waals surface area contributed by atoms with Crippen LogP contribution in [0.2, 0.25) is 0 Å². The molecule has 1 aliphatic carbocycles. The van der Waals surface area contributed by atoms with Crippen LogP contribution in [0, 0.1) is 5.92 Å². The molecule has 1 aromatic carbocycles. The van der Waals surface area contributed by atoms with Crippen molar-refractivity contribution in [3.05, 3.63) is 29.8 Å². The van der Waals surface area contributed by atoms with Crippen molar-refractivity contribution in [1.29, 1.82) is 0 Å². The second kappa shape index (κ2) is 5.35. The standard InChI is InChI=1S/C14H20O2/c1-2-16-13-5-3-4-12(10-13)14(15)9-8-11-6-7-11/h3-5,10-11,14-15H,2,6-9H2,1H3. The highest BCUT2D eigenvalue weighted by molar-refractivity contribution is 5.29. The van der Waals surface area contributed by atoms with Crippen LogP contribution in [-0.4, -0.2) is 11.7 Å². The second-order valence-corrected chi connectivity index (χ2v) is 4.54. The topological polar surface area (TPSA) is 29.5 Å². The molecule has 1 fully saturated rings. The van der Waals surface area contributed by atoms with E-state index in [-0.39, 0.29) is 6.10 Å². The molecule has 2 rings (SSSR count). The first-order valence-electron chi connectivity index (χ1n) is 6.20. The van der Waals surface area contributed by atoms with Gasteiger partial charge in [-0.1, -0.05) is 25.0 Å². The van der Waals surface area contributed by atoms with E-state index in [9.17, 15) is 5.11 Å². The van der Waals surface area contributed by atoms with Crippen molar-refractivity contribution >= 4 is 0 Å². The van der Waals surface area contributed by atoms with Crippen LogP contribution in [0.4, 0.5) is 0 Å². The predicted molar refractivity (Wildman–Crippen MR) is 64.5 cm³/mol. The lowest BCUT2D eigenvalue weighted by Gasteiger charge is -2.12. The van der Waals surface area contributed by atoms with Crippen LogP contribution < -0.4 is 4.74 Å². The Morgan fingerprint density at radius 1 is 1.44 bits per heavy atom. The van der Waals surface area contributed by atoms with Gasteiger partial charge in [0, 0.05) is 0 Å². The van der Waals surface area contributed by atoms with E-state index in [4.69, 9.17) is 4.74 Å². The van der Waals surface area contributed by atoms with Crippen LogP contribution in [0.5, 0.6) is 5.75 Å². The maximum absolute atomic E-state index is 10.0. The second-order valence-electron chi connectivity index (χ2n) is 4.54. The zero-order valence-corrected chi connectivity index (χ0v) is 9.86. The summed E-state index contributed by atoms with van der Waals surface area (Å²) in [6.45, 7) is 2.64. The molecule has 0 amide bonds.